The minimum absolute atomic E-state index is 0.146. The fourth-order valence-corrected chi connectivity index (χ4v) is 6.51. The van der Waals surface area contributed by atoms with Crippen molar-refractivity contribution in [3.63, 3.8) is 0 Å². The van der Waals surface area contributed by atoms with Gasteiger partial charge in [-0.15, -0.1) is 0 Å². The van der Waals surface area contributed by atoms with E-state index >= 15 is 0 Å². The number of nitrogens with two attached hydrogens (primary N) is 1. The highest BCUT2D eigenvalue weighted by Crippen LogP contribution is 2.60. The van der Waals surface area contributed by atoms with Gasteiger partial charge >= 0.3 is 0 Å². The molecule has 3 nitrogen and oxygen atoms in total. The molecule has 1 saturated heterocycles. The van der Waals surface area contributed by atoms with Crippen LogP contribution >= 0.6 is 0 Å². The van der Waals surface area contributed by atoms with Gasteiger partial charge < -0.3 is 10.5 Å². The average molecular weight is 278 g/mol. The van der Waals surface area contributed by atoms with Crippen LogP contribution in [0.4, 0.5) is 0 Å². The van der Waals surface area contributed by atoms with E-state index in [-0.39, 0.29) is 11.1 Å². The van der Waals surface area contributed by atoms with Crippen molar-refractivity contribution in [3.8, 4) is 0 Å². The van der Waals surface area contributed by atoms with E-state index in [9.17, 15) is 0 Å². The molecule has 0 aromatic heterocycles. The van der Waals surface area contributed by atoms with Crippen molar-refractivity contribution in [1.82, 2.24) is 4.90 Å². The number of nitrogens with zero attached hydrogens (tertiary/aromatic N) is 1. The van der Waals surface area contributed by atoms with Gasteiger partial charge in [0.05, 0.1) is 13.2 Å². The normalized spacial score (nSPS) is 50.5. The summed E-state index contributed by atoms with van der Waals surface area (Å²) in [4.78, 5) is 2.79. The molecule has 3 heteroatoms. The van der Waals surface area contributed by atoms with Crippen LogP contribution in [0, 0.1) is 23.7 Å². The second-order valence-corrected chi connectivity index (χ2v) is 8.52. The van der Waals surface area contributed by atoms with Gasteiger partial charge in [0.2, 0.25) is 0 Å². The monoisotopic (exact) mass is 278 g/mol. The highest BCUT2D eigenvalue weighted by molar-refractivity contribution is 5.15. The number of hydrogen-bond acceptors (Lipinski definition) is 3. The highest BCUT2D eigenvalue weighted by atomic mass is 16.5. The summed E-state index contributed by atoms with van der Waals surface area (Å²) in [6, 6.07) is 0. The van der Waals surface area contributed by atoms with E-state index in [4.69, 9.17) is 10.5 Å². The summed E-state index contributed by atoms with van der Waals surface area (Å²) in [5, 5.41) is 0. The Kier molecular flexibility index (Phi) is 3.00. The molecule has 5 rings (SSSR count). The third kappa shape index (κ3) is 1.69. The Bertz CT molecular complexity index is 364. The van der Waals surface area contributed by atoms with Crippen LogP contribution in [0.5, 0.6) is 0 Å². The Balaban J connectivity index is 1.72. The maximum absolute atomic E-state index is 6.46. The van der Waals surface area contributed by atoms with Gasteiger partial charge in [-0.25, -0.2) is 0 Å². The molecule has 0 radical (unpaired) electrons. The third-order valence-electron chi connectivity index (χ3n) is 7.03. The predicted molar refractivity (Wildman–Crippen MR) is 80.4 cm³/mol. The first-order valence-electron chi connectivity index (χ1n) is 8.62. The van der Waals surface area contributed by atoms with Crippen molar-refractivity contribution < 1.29 is 4.74 Å². The molecular formula is C17H30N2O. The van der Waals surface area contributed by atoms with Gasteiger partial charge in [-0.2, -0.15) is 0 Å². The summed E-state index contributed by atoms with van der Waals surface area (Å²) in [5.74, 6) is 3.73. The summed E-state index contributed by atoms with van der Waals surface area (Å²) in [7, 11) is 0. The average Bonchev–Trinajstić information content (AvgIpc) is 2.39. The van der Waals surface area contributed by atoms with Crippen LogP contribution in [0.3, 0.4) is 0 Å². The molecule has 114 valence electrons. The fourth-order valence-electron chi connectivity index (χ4n) is 6.51. The second-order valence-electron chi connectivity index (χ2n) is 8.52. The van der Waals surface area contributed by atoms with Crippen LogP contribution in [0.25, 0.3) is 0 Å². The fraction of sp³-hybridized carbons (Fsp3) is 1.00. The van der Waals surface area contributed by atoms with Crippen molar-refractivity contribution in [2.24, 2.45) is 29.4 Å². The minimum atomic E-state index is 0.146. The number of rotatable bonds is 2. The Morgan fingerprint density at radius 1 is 1.05 bits per heavy atom. The van der Waals surface area contributed by atoms with Crippen molar-refractivity contribution >= 4 is 0 Å². The van der Waals surface area contributed by atoms with Crippen molar-refractivity contribution in [1.29, 1.82) is 0 Å². The molecule has 1 aliphatic heterocycles. The van der Waals surface area contributed by atoms with Crippen LogP contribution in [0.15, 0.2) is 0 Å². The topological polar surface area (TPSA) is 38.5 Å². The van der Waals surface area contributed by atoms with Crippen LogP contribution in [0.2, 0.25) is 0 Å². The Morgan fingerprint density at radius 2 is 1.65 bits per heavy atom. The lowest BCUT2D eigenvalue weighted by atomic mass is 9.47. The van der Waals surface area contributed by atoms with E-state index in [1.54, 1.807) is 0 Å². The Hall–Kier alpha value is -0.120. The lowest BCUT2D eigenvalue weighted by Gasteiger charge is -2.67. The Labute approximate surface area is 123 Å². The molecule has 0 amide bonds. The molecule has 0 unspecified atom stereocenters. The van der Waals surface area contributed by atoms with Gasteiger partial charge in [0.25, 0.3) is 0 Å². The van der Waals surface area contributed by atoms with Gasteiger partial charge in [0.1, 0.15) is 0 Å². The molecular weight excluding hydrogens is 248 g/mol. The molecule has 0 aromatic rings. The zero-order chi connectivity index (χ0) is 14.0. The first-order chi connectivity index (χ1) is 9.56. The van der Waals surface area contributed by atoms with Gasteiger partial charge in [0.15, 0.2) is 0 Å². The lowest BCUT2D eigenvalue weighted by Crippen LogP contribution is -2.75. The lowest BCUT2D eigenvalue weighted by molar-refractivity contribution is -0.192. The number of ether oxygens (including phenoxy) is 1. The molecule has 4 bridgehead atoms. The molecule has 0 aromatic carbocycles. The molecule has 5 fully saturated rings. The van der Waals surface area contributed by atoms with Crippen LogP contribution < -0.4 is 5.73 Å². The number of morpholine rings is 1. The molecule has 0 spiro atoms. The molecule has 2 N–H and O–H groups in total. The smallest absolute Gasteiger partial charge is 0.0645 e. The zero-order valence-electron chi connectivity index (χ0n) is 13.1. The van der Waals surface area contributed by atoms with Gasteiger partial charge in [0, 0.05) is 24.2 Å². The highest BCUT2D eigenvalue weighted by Gasteiger charge is 2.61. The van der Waals surface area contributed by atoms with E-state index in [1.165, 1.54) is 32.1 Å². The summed E-state index contributed by atoms with van der Waals surface area (Å²) in [6.45, 7) is 8.39. The first kappa shape index (κ1) is 13.5. The molecule has 4 saturated carbocycles. The van der Waals surface area contributed by atoms with E-state index in [1.807, 2.05) is 0 Å². The number of hydrogen-bond donors (Lipinski definition) is 1. The predicted octanol–water partition coefficient (Wildman–Crippen LogP) is 2.25. The molecule has 20 heavy (non-hydrogen) atoms. The third-order valence-corrected chi connectivity index (χ3v) is 7.03. The van der Waals surface area contributed by atoms with E-state index in [0.717, 1.165) is 50.0 Å². The van der Waals surface area contributed by atoms with E-state index < -0.39 is 0 Å². The molecule has 5 aliphatic rings. The zero-order valence-corrected chi connectivity index (χ0v) is 13.1. The van der Waals surface area contributed by atoms with Gasteiger partial charge in [-0.05, 0) is 69.6 Å². The minimum Gasteiger partial charge on any atom is -0.378 e. The first-order valence-corrected chi connectivity index (χ1v) is 8.62. The van der Waals surface area contributed by atoms with Crippen molar-refractivity contribution in [3.05, 3.63) is 0 Å². The SMILES string of the molecule is CC1(C)COCCN1C1(CN)C2CC3CC(C2)CC1C3. The van der Waals surface area contributed by atoms with Crippen molar-refractivity contribution in [2.45, 2.75) is 57.0 Å². The van der Waals surface area contributed by atoms with Crippen LogP contribution in [-0.4, -0.2) is 42.3 Å². The molecule has 1 heterocycles. The van der Waals surface area contributed by atoms with E-state index in [0.29, 0.717) is 0 Å². The van der Waals surface area contributed by atoms with Crippen LogP contribution in [0.1, 0.15) is 46.0 Å². The summed E-state index contributed by atoms with van der Waals surface area (Å²) < 4.78 is 5.76. The maximum atomic E-state index is 6.46. The van der Waals surface area contributed by atoms with Crippen molar-refractivity contribution in [2.75, 3.05) is 26.3 Å². The summed E-state index contributed by atoms with van der Waals surface area (Å²) in [5.41, 5.74) is 6.88. The Morgan fingerprint density at radius 3 is 2.15 bits per heavy atom. The maximum Gasteiger partial charge on any atom is 0.0645 e. The molecule has 0 atom stereocenters. The largest absolute Gasteiger partial charge is 0.378 e. The molecule has 4 aliphatic carbocycles. The second kappa shape index (κ2) is 4.44. The van der Waals surface area contributed by atoms with E-state index in [2.05, 4.69) is 18.7 Å². The standard InChI is InChI=1S/C17H30N2O/c1-16(2)11-20-4-3-19(16)17(10-18)14-6-12-5-13(8-14)9-15(17)7-12/h12-15H,3-11,18H2,1-2H3. The quantitative estimate of drug-likeness (QED) is 0.842. The van der Waals surface area contributed by atoms with Crippen LogP contribution in [-0.2, 0) is 4.74 Å². The summed E-state index contributed by atoms with van der Waals surface area (Å²) >= 11 is 0. The van der Waals surface area contributed by atoms with Gasteiger partial charge in [-0.3, -0.25) is 4.90 Å². The van der Waals surface area contributed by atoms with Gasteiger partial charge in [-0.1, -0.05) is 0 Å². The summed E-state index contributed by atoms with van der Waals surface area (Å²) in [6.07, 6.45) is 7.28.